The van der Waals surface area contributed by atoms with Gasteiger partial charge in [-0.2, -0.15) is 0 Å². The quantitative estimate of drug-likeness (QED) is 0.0647. The Bertz CT molecular complexity index is 1740. The third kappa shape index (κ3) is 11.6. The smallest absolute Gasteiger partial charge is 0.343 e. The monoisotopic (exact) mass is 682 g/mol. The molecular formula is C40H43FN2O7. The van der Waals surface area contributed by atoms with Gasteiger partial charge in [0.2, 0.25) is 5.91 Å². The van der Waals surface area contributed by atoms with Crippen LogP contribution in [-0.2, 0) is 22.6 Å². The zero-order valence-electron chi connectivity index (χ0n) is 28.7. The second-order valence-electron chi connectivity index (χ2n) is 12.0. The summed E-state index contributed by atoms with van der Waals surface area (Å²) in [6, 6.07) is 24.2. The summed E-state index contributed by atoms with van der Waals surface area (Å²) in [5.74, 6) is -0.839. The van der Waals surface area contributed by atoms with Gasteiger partial charge in [0.1, 0.15) is 17.3 Å². The average Bonchev–Trinajstić information content (AvgIpc) is 3.10. The molecule has 1 N–H and O–H groups in total. The molecule has 9 nitrogen and oxygen atoms in total. The van der Waals surface area contributed by atoms with Gasteiger partial charge >= 0.3 is 5.97 Å². The highest BCUT2D eigenvalue weighted by Crippen LogP contribution is 2.21. The van der Waals surface area contributed by atoms with Gasteiger partial charge in [-0.25, -0.2) is 9.18 Å². The maximum atomic E-state index is 14.0. The number of ketones is 1. The molecule has 0 spiro atoms. The van der Waals surface area contributed by atoms with Gasteiger partial charge in [-0.15, -0.1) is 0 Å². The molecule has 4 aromatic rings. The third-order valence-corrected chi connectivity index (χ3v) is 7.81. The van der Waals surface area contributed by atoms with Crippen LogP contribution in [0.1, 0.15) is 77.8 Å². The number of unbranched alkanes of at least 4 members (excludes halogenated alkanes) is 4. The number of esters is 1. The van der Waals surface area contributed by atoms with Crippen LogP contribution in [0.25, 0.3) is 0 Å². The van der Waals surface area contributed by atoms with Gasteiger partial charge in [-0.3, -0.25) is 14.4 Å². The minimum absolute atomic E-state index is 0.0478. The van der Waals surface area contributed by atoms with Crippen LogP contribution in [0.4, 0.5) is 10.1 Å². The first kappa shape index (κ1) is 37.3. The zero-order valence-corrected chi connectivity index (χ0v) is 28.7. The van der Waals surface area contributed by atoms with Gasteiger partial charge in [0.05, 0.1) is 32.2 Å². The molecule has 0 saturated heterocycles. The lowest BCUT2D eigenvalue weighted by atomic mass is 10.1. The average molecular weight is 683 g/mol. The van der Waals surface area contributed by atoms with Crippen molar-refractivity contribution in [3.05, 3.63) is 119 Å². The summed E-state index contributed by atoms with van der Waals surface area (Å²) in [4.78, 5) is 52.1. The number of anilines is 1. The fraction of sp³-hybridized carbons (Fsp3) is 0.300. The summed E-state index contributed by atoms with van der Waals surface area (Å²) in [5.41, 5.74) is 2.39. The van der Waals surface area contributed by atoms with Gasteiger partial charge in [0, 0.05) is 17.8 Å². The third-order valence-electron chi connectivity index (χ3n) is 7.81. The lowest BCUT2D eigenvalue weighted by Crippen LogP contribution is -2.34. The Hall–Kier alpha value is -5.51. The van der Waals surface area contributed by atoms with E-state index < -0.39 is 11.8 Å². The van der Waals surface area contributed by atoms with Crippen molar-refractivity contribution in [2.45, 2.75) is 58.9 Å². The van der Waals surface area contributed by atoms with Gasteiger partial charge in [0.15, 0.2) is 11.6 Å². The Balaban J connectivity index is 1.30. The van der Waals surface area contributed by atoms with Crippen LogP contribution in [0.5, 0.6) is 17.2 Å². The minimum Gasteiger partial charge on any atom is -0.494 e. The summed E-state index contributed by atoms with van der Waals surface area (Å²) < 4.78 is 30.2. The van der Waals surface area contributed by atoms with Gasteiger partial charge in [-0.1, -0.05) is 50.8 Å². The molecule has 0 radical (unpaired) electrons. The Labute approximate surface area is 292 Å². The van der Waals surface area contributed by atoms with Crippen molar-refractivity contribution in [3.63, 3.8) is 0 Å². The molecule has 0 aliphatic rings. The molecule has 0 unspecified atom stereocenters. The topological polar surface area (TPSA) is 111 Å². The highest BCUT2D eigenvalue weighted by molar-refractivity contribution is 5.98. The molecule has 50 heavy (non-hydrogen) atoms. The summed E-state index contributed by atoms with van der Waals surface area (Å²) in [6.45, 7) is 4.26. The molecule has 4 rings (SSSR count). The van der Waals surface area contributed by atoms with Gasteiger partial charge in [0.25, 0.3) is 5.91 Å². The van der Waals surface area contributed by atoms with E-state index in [-0.39, 0.29) is 42.9 Å². The summed E-state index contributed by atoms with van der Waals surface area (Å²) in [5, 5.41) is 2.74. The Morgan fingerprint density at radius 3 is 2.04 bits per heavy atom. The number of methoxy groups -OCH3 is 1. The molecule has 0 fully saturated rings. The standard InChI is InChI=1S/C40H43FN2O7/c1-4-5-6-7-8-23-49-34-20-14-32(15-21-34)40(47)50-35-18-9-29(10-19-35)27-43(26-28(2)44)39(46)31-12-16-33(17-13-31)42-38(45)25-30-11-22-37(48-3)36(41)24-30/h9-22,24H,4-8,23,25-27H2,1-3H3,(H,42,45). The number of benzene rings is 4. The van der Waals surface area contributed by atoms with E-state index in [0.717, 1.165) is 18.4 Å². The highest BCUT2D eigenvalue weighted by Gasteiger charge is 2.19. The first-order valence-electron chi connectivity index (χ1n) is 16.7. The maximum Gasteiger partial charge on any atom is 0.343 e. The van der Waals surface area contributed by atoms with Crippen LogP contribution >= 0.6 is 0 Å². The number of carbonyl (C=O) groups excluding carboxylic acids is 4. The Morgan fingerprint density at radius 2 is 1.40 bits per heavy atom. The molecule has 0 atom stereocenters. The molecule has 10 heteroatoms. The number of hydrogen-bond donors (Lipinski definition) is 1. The lowest BCUT2D eigenvalue weighted by molar-refractivity contribution is -0.118. The number of hydrogen-bond acceptors (Lipinski definition) is 7. The number of ether oxygens (including phenoxy) is 3. The van der Waals surface area contributed by atoms with Crippen LogP contribution < -0.4 is 19.5 Å². The molecule has 262 valence electrons. The molecule has 0 saturated carbocycles. The maximum absolute atomic E-state index is 14.0. The Kier molecular flexibility index (Phi) is 14.1. The van der Waals surface area contributed by atoms with E-state index in [9.17, 15) is 23.6 Å². The normalized spacial score (nSPS) is 10.6. The lowest BCUT2D eigenvalue weighted by Gasteiger charge is -2.22. The summed E-state index contributed by atoms with van der Waals surface area (Å²) in [7, 11) is 1.37. The fourth-order valence-electron chi connectivity index (χ4n) is 5.19. The highest BCUT2D eigenvalue weighted by atomic mass is 19.1. The van der Waals surface area contributed by atoms with E-state index in [1.54, 1.807) is 78.9 Å². The number of amides is 2. The molecule has 2 amide bonds. The van der Waals surface area contributed by atoms with E-state index in [4.69, 9.17) is 14.2 Å². The number of carbonyl (C=O) groups is 4. The second-order valence-corrected chi connectivity index (χ2v) is 12.0. The SMILES string of the molecule is CCCCCCCOc1ccc(C(=O)Oc2ccc(CN(CC(C)=O)C(=O)c3ccc(NC(=O)Cc4ccc(OC)c(F)c4)cc3)cc2)cc1. The van der Waals surface area contributed by atoms with Gasteiger partial charge < -0.3 is 24.4 Å². The van der Waals surface area contributed by atoms with Crippen molar-refractivity contribution in [1.29, 1.82) is 0 Å². The van der Waals surface area contributed by atoms with E-state index in [1.165, 1.54) is 50.3 Å². The van der Waals surface area contributed by atoms with Gasteiger partial charge in [-0.05, 0) is 97.3 Å². The van der Waals surface area contributed by atoms with Crippen molar-refractivity contribution in [3.8, 4) is 17.2 Å². The van der Waals surface area contributed by atoms with Crippen LogP contribution in [-0.4, -0.2) is 48.7 Å². The van der Waals surface area contributed by atoms with E-state index in [2.05, 4.69) is 12.2 Å². The van der Waals surface area contributed by atoms with E-state index in [1.807, 2.05) is 0 Å². The molecule has 4 aromatic carbocycles. The van der Waals surface area contributed by atoms with Crippen molar-refractivity contribution in [2.24, 2.45) is 0 Å². The number of nitrogens with zero attached hydrogens (tertiary/aromatic N) is 1. The Morgan fingerprint density at radius 1 is 0.760 bits per heavy atom. The summed E-state index contributed by atoms with van der Waals surface area (Å²) >= 11 is 0. The molecule has 0 aliphatic heterocycles. The second kappa shape index (κ2) is 18.9. The number of Topliss-reactive ketones (excluding diaryl/α,β-unsaturated/α-hetero) is 1. The van der Waals surface area contributed by atoms with Crippen LogP contribution in [0.3, 0.4) is 0 Å². The molecule has 0 aromatic heterocycles. The molecule has 0 aliphatic carbocycles. The van der Waals surface area contributed by atoms with E-state index >= 15 is 0 Å². The number of halogens is 1. The zero-order chi connectivity index (χ0) is 35.9. The summed E-state index contributed by atoms with van der Waals surface area (Å²) in [6.07, 6.45) is 5.72. The van der Waals surface area contributed by atoms with Crippen LogP contribution in [0, 0.1) is 5.82 Å². The molecule has 0 heterocycles. The predicted molar refractivity (Wildman–Crippen MR) is 189 cm³/mol. The fourth-order valence-corrected chi connectivity index (χ4v) is 5.19. The van der Waals surface area contributed by atoms with Crippen molar-refractivity contribution in [1.82, 2.24) is 4.90 Å². The van der Waals surface area contributed by atoms with Crippen molar-refractivity contribution < 1.29 is 37.8 Å². The van der Waals surface area contributed by atoms with E-state index in [0.29, 0.717) is 40.5 Å². The minimum atomic E-state index is -0.554. The van der Waals surface area contributed by atoms with Crippen LogP contribution in [0.15, 0.2) is 91.0 Å². The first-order chi connectivity index (χ1) is 24.1. The van der Waals surface area contributed by atoms with Crippen LogP contribution in [0.2, 0.25) is 0 Å². The van der Waals surface area contributed by atoms with Crippen molar-refractivity contribution >= 4 is 29.3 Å². The largest absolute Gasteiger partial charge is 0.494 e. The van der Waals surface area contributed by atoms with Crippen molar-refractivity contribution in [2.75, 3.05) is 25.6 Å². The number of nitrogens with one attached hydrogen (secondary N) is 1. The molecule has 0 bridgehead atoms. The molecular weight excluding hydrogens is 639 g/mol. The predicted octanol–water partition coefficient (Wildman–Crippen LogP) is 7.82. The first-order valence-corrected chi connectivity index (χ1v) is 16.7. The number of rotatable bonds is 18.